The van der Waals surface area contributed by atoms with Crippen molar-refractivity contribution in [3.63, 3.8) is 0 Å². The third-order valence-corrected chi connectivity index (χ3v) is 7.51. The number of halogens is 2. The second-order valence-electron chi connectivity index (χ2n) is 8.54. The number of nitrogens with zero attached hydrogens (tertiary/aromatic N) is 4. The number of imidazole rings is 1. The zero-order valence-corrected chi connectivity index (χ0v) is 22.1. The third-order valence-electron chi connectivity index (χ3n) is 5.56. The summed E-state index contributed by atoms with van der Waals surface area (Å²) in [6.45, 7) is 1.32. The molecule has 3 aromatic rings. The number of sulfone groups is 1. The molecule has 0 spiro atoms. The topological polar surface area (TPSA) is 84.7 Å². The summed E-state index contributed by atoms with van der Waals surface area (Å²) in [5, 5.41) is 0.210. The molecular weight excluding hydrogens is 507 g/mol. The van der Waals surface area contributed by atoms with E-state index in [-0.39, 0.29) is 36.2 Å². The molecule has 0 saturated heterocycles. The van der Waals surface area contributed by atoms with Crippen LogP contribution < -0.4 is 0 Å². The summed E-state index contributed by atoms with van der Waals surface area (Å²) in [7, 11) is 1.38. The second-order valence-corrected chi connectivity index (χ2v) is 10.8. The number of carbonyl (C=O) groups excluding carboxylic acids is 1. The Bertz CT molecular complexity index is 1300. The van der Waals surface area contributed by atoms with Gasteiger partial charge >= 0.3 is 0 Å². The van der Waals surface area contributed by atoms with E-state index in [4.69, 9.17) is 16.3 Å². The average molecular weight is 537 g/mol. The van der Waals surface area contributed by atoms with Crippen LogP contribution >= 0.6 is 11.6 Å². The summed E-state index contributed by atoms with van der Waals surface area (Å²) in [4.78, 5) is 20.9. The Kier molecular flexibility index (Phi) is 9.61. The summed E-state index contributed by atoms with van der Waals surface area (Å²) < 4.78 is 47.8. The summed E-state index contributed by atoms with van der Waals surface area (Å²) >= 11 is 6.19. The molecule has 0 bridgehead atoms. The van der Waals surface area contributed by atoms with Crippen molar-refractivity contribution in [2.75, 3.05) is 40.9 Å². The molecule has 194 valence electrons. The van der Waals surface area contributed by atoms with Crippen LogP contribution in [0.4, 0.5) is 4.39 Å². The van der Waals surface area contributed by atoms with Crippen molar-refractivity contribution >= 4 is 27.3 Å². The number of likely N-dealkylation sites (N-methyl/N-ethyl adjacent to an activating group) is 1. The molecule has 0 aliphatic carbocycles. The van der Waals surface area contributed by atoms with Crippen LogP contribution in [0.5, 0.6) is 0 Å². The van der Waals surface area contributed by atoms with Crippen molar-refractivity contribution < 1.29 is 22.3 Å². The van der Waals surface area contributed by atoms with E-state index in [1.54, 1.807) is 30.3 Å². The molecule has 0 aliphatic heterocycles. The van der Waals surface area contributed by atoms with E-state index in [2.05, 4.69) is 4.98 Å². The lowest BCUT2D eigenvalue weighted by molar-refractivity contribution is 0.0722. The van der Waals surface area contributed by atoms with Gasteiger partial charge in [0, 0.05) is 31.8 Å². The predicted molar refractivity (Wildman–Crippen MR) is 136 cm³/mol. The van der Waals surface area contributed by atoms with E-state index >= 15 is 0 Å². The van der Waals surface area contributed by atoms with Crippen LogP contribution in [0.15, 0.2) is 59.9 Å². The first-order valence-corrected chi connectivity index (χ1v) is 13.3. The van der Waals surface area contributed by atoms with E-state index < -0.39 is 21.6 Å². The van der Waals surface area contributed by atoms with Gasteiger partial charge in [-0.25, -0.2) is 17.8 Å². The SMILES string of the molecule is COCCn1c(CN(CCN(C)C)C(=O)c2ccccc2F)cnc1S(=O)(=O)Cc1ccccc1Cl. The van der Waals surface area contributed by atoms with E-state index in [1.807, 2.05) is 19.0 Å². The van der Waals surface area contributed by atoms with Gasteiger partial charge in [-0.2, -0.15) is 0 Å². The Labute approximate surface area is 216 Å². The molecule has 36 heavy (non-hydrogen) atoms. The van der Waals surface area contributed by atoms with Gasteiger partial charge in [0.25, 0.3) is 5.91 Å². The first-order valence-electron chi connectivity index (χ1n) is 11.3. The number of benzene rings is 2. The van der Waals surface area contributed by atoms with Crippen molar-refractivity contribution in [3.05, 3.63) is 82.4 Å². The Balaban J connectivity index is 1.97. The molecule has 0 saturated carbocycles. The van der Waals surface area contributed by atoms with Gasteiger partial charge in [-0.05, 0) is 37.9 Å². The summed E-state index contributed by atoms with van der Waals surface area (Å²) in [5.74, 6) is -1.43. The molecule has 11 heteroatoms. The molecule has 0 N–H and O–H groups in total. The smallest absolute Gasteiger partial charge is 0.257 e. The zero-order valence-electron chi connectivity index (χ0n) is 20.5. The van der Waals surface area contributed by atoms with Gasteiger partial charge in [0.1, 0.15) is 5.82 Å². The number of rotatable bonds is 12. The van der Waals surface area contributed by atoms with Crippen LogP contribution in [0.3, 0.4) is 0 Å². The first kappa shape index (κ1) is 27.8. The summed E-state index contributed by atoms with van der Waals surface area (Å²) in [6.07, 6.45) is 1.44. The van der Waals surface area contributed by atoms with Gasteiger partial charge in [-0.1, -0.05) is 41.9 Å². The zero-order chi connectivity index (χ0) is 26.3. The number of methoxy groups -OCH3 is 1. The van der Waals surface area contributed by atoms with Crippen LogP contribution in [-0.2, 0) is 33.4 Å². The Morgan fingerprint density at radius 3 is 2.47 bits per heavy atom. The molecule has 1 amide bonds. The Morgan fingerprint density at radius 1 is 1.11 bits per heavy atom. The van der Waals surface area contributed by atoms with Crippen LogP contribution in [0.25, 0.3) is 0 Å². The minimum Gasteiger partial charge on any atom is -0.383 e. The minimum absolute atomic E-state index is 0.0410. The van der Waals surface area contributed by atoms with Crippen LogP contribution in [0.1, 0.15) is 21.6 Å². The monoisotopic (exact) mass is 536 g/mol. The molecule has 0 aliphatic rings. The molecule has 0 radical (unpaired) electrons. The molecule has 0 fully saturated rings. The van der Waals surface area contributed by atoms with Gasteiger partial charge < -0.3 is 19.1 Å². The predicted octanol–water partition coefficient (Wildman–Crippen LogP) is 3.50. The minimum atomic E-state index is -3.88. The van der Waals surface area contributed by atoms with E-state index in [1.165, 1.54) is 41.0 Å². The van der Waals surface area contributed by atoms with Gasteiger partial charge in [0.15, 0.2) is 0 Å². The van der Waals surface area contributed by atoms with Crippen molar-refractivity contribution in [1.82, 2.24) is 19.4 Å². The summed E-state index contributed by atoms with van der Waals surface area (Å²) in [5.41, 5.74) is 0.906. The molecule has 0 atom stereocenters. The van der Waals surface area contributed by atoms with Crippen LogP contribution in [0, 0.1) is 5.82 Å². The van der Waals surface area contributed by atoms with Crippen molar-refractivity contribution in [1.29, 1.82) is 0 Å². The molecule has 1 aromatic heterocycles. The number of hydrogen-bond acceptors (Lipinski definition) is 6. The number of amides is 1. The van der Waals surface area contributed by atoms with E-state index in [0.29, 0.717) is 29.4 Å². The maximum absolute atomic E-state index is 14.4. The molecule has 0 unspecified atom stereocenters. The van der Waals surface area contributed by atoms with Gasteiger partial charge in [-0.3, -0.25) is 4.79 Å². The van der Waals surface area contributed by atoms with Gasteiger partial charge in [0.2, 0.25) is 15.0 Å². The van der Waals surface area contributed by atoms with Crippen molar-refractivity contribution in [2.45, 2.75) is 24.0 Å². The maximum atomic E-state index is 14.4. The third kappa shape index (κ3) is 6.91. The molecule has 3 rings (SSSR count). The fourth-order valence-electron chi connectivity index (χ4n) is 3.65. The molecule has 1 heterocycles. The fraction of sp³-hybridized carbons (Fsp3) is 0.360. The highest BCUT2D eigenvalue weighted by Gasteiger charge is 2.27. The van der Waals surface area contributed by atoms with Crippen molar-refractivity contribution in [2.24, 2.45) is 0 Å². The number of hydrogen-bond donors (Lipinski definition) is 0. The Morgan fingerprint density at radius 2 is 1.81 bits per heavy atom. The summed E-state index contributed by atoms with van der Waals surface area (Å²) in [6, 6.07) is 12.5. The average Bonchev–Trinajstić information content (AvgIpc) is 3.24. The second kappa shape index (κ2) is 12.4. The van der Waals surface area contributed by atoms with Crippen LogP contribution in [0.2, 0.25) is 5.02 Å². The lowest BCUT2D eigenvalue weighted by Crippen LogP contribution is -2.37. The lowest BCUT2D eigenvalue weighted by atomic mass is 10.1. The molecule has 8 nitrogen and oxygen atoms in total. The Hall–Kier alpha value is -2.79. The number of carbonyl (C=O) groups is 1. The number of aromatic nitrogens is 2. The quantitative estimate of drug-likeness (QED) is 0.352. The molecular formula is C25H30ClFN4O4S. The fourth-order valence-corrected chi connectivity index (χ4v) is 5.48. The van der Waals surface area contributed by atoms with Crippen molar-refractivity contribution in [3.8, 4) is 0 Å². The van der Waals surface area contributed by atoms with E-state index in [0.717, 1.165) is 0 Å². The maximum Gasteiger partial charge on any atom is 0.257 e. The lowest BCUT2D eigenvalue weighted by Gasteiger charge is -2.25. The van der Waals surface area contributed by atoms with Crippen LogP contribution in [-0.4, -0.2) is 74.6 Å². The highest BCUT2D eigenvalue weighted by molar-refractivity contribution is 7.90. The highest BCUT2D eigenvalue weighted by Crippen LogP contribution is 2.23. The normalized spacial score (nSPS) is 11.7. The largest absolute Gasteiger partial charge is 0.383 e. The molecule has 2 aromatic carbocycles. The standard InChI is InChI=1S/C25H30ClFN4O4S/c1-29(2)12-13-30(24(32)21-9-5-7-11-23(21)27)17-20-16-28-25(31(20)14-15-35-3)36(33,34)18-19-8-4-6-10-22(19)26/h4-11,16H,12-15,17-18H2,1-3H3. The first-order chi connectivity index (χ1) is 17.1. The highest BCUT2D eigenvalue weighted by atomic mass is 35.5. The van der Waals surface area contributed by atoms with E-state index in [9.17, 15) is 17.6 Å². The van der Waals surface area contributed by atoms with Gasteiger partial charge in [0.05, 0.1) is 36.4 Å². The number of ether oxygens (including phenoxy) is 1. The van der Waals surface area contributed by atoms with Gasteiger partial charge in [-0.15, -0.1) is 0 Å².